The molecular weight excluding hydrogens is 437 g/mol. The number of alkyl halides is 3. The first-order valence-corrected chi connectivity index (χ1v) is 11.3. The summed E-state index contributed by atoms with van der Waals surface area (Å²) in [5, 5.41) is 2.99. The molecule has 2 amide bonds. The van der Waals surface area contributed by atoms with Crippen LogP contribution >= 0.6 is 0 Å². The summed E-state index contributed by atoms with van der Waals surface area (Å²) in [6.45, 7) is 9.64. The molecule has 0 spiro atoms. The molecule has 3 rings (SSSR count). The van der Waals surface area contributed by atoms with Crippen molar-refractivity contribution >= 4 is 12.0 Å². The van der Waals surface area contributed by atoms with Crippen molar-refractivity contribution in [1.82, 2.24) is 20.0 Å². The number of rotatable bonds is 6. The summed E-state index contributed by atoms with van der Waals surface area (Å²) in [6, 6.07) is 6.47. The van der Waals surface area contributed by atoms with E-state index in [2.05, 4.69) is 38.9 Å². The lowest BCUT2D eigenvalue weighted by Crippen LogP contribution is -2.49. The monoisotopic (exact) mass is 470 g/mol. The number of carbonyl (C=O) groups excluding carboxylic acids is 2. The number of ether oxygens (including phenoxy) is 1. The van der Waals surface area contributed by atoms with Gasteiger partial charge in [0.25, 0.3) is 0 Å². The zero-order valence-electron chi connectivity index (χ0n) is 19.5. The highest BCUT2D eigenvalue weighted by atomic mass is 19.4. The molecule has 184 valence electrons. The van der Waals surface area contributed by atoms with Gasteiger partial charge < -0.3 is 15.0 Å². The third-order valence-electron chi connectivity index (χ3n) is 6.39. The number of hydrogen-bond donors (Lipinski definition) is 1. The molecule has 1 aromatic rings. The third-order valence-corrected chi connectivity index (χ3v) is 6.39. The number of hydrogen-bond acceptors (Lipinski definition) is 5. The molecule has 0 aromatic heterocycles. The molecule has 2 aliphatic heterocycles. The van der Waals surface area contributed by atoms with Crippen molar-refractivity contribution in [3.8, 4) is 0 Å². The molecule has 2 atom stereocenters. The molecular formula is C23H33F3N4O3. The molecule has 1 unspecified atom stereocenters. The van der Waals surface area contributed by atoms with E-state index in [9.17, 15) is 22.8 Å². The molecule has 2 aliphatic rings. The Labute approximate surface area is 192 Å². The van der Waals surface area contributed by atoms with Gasteiger partial charge in [0.2, 0.25) is 5.91 Å². The van der Waals surface area contributed by atoms with Gasteiger partial charge in [-0.2, -0.15) is 13.2 Å². The van der Waals surface area contributed by atoms with Crippen molar-refractivity contribution in [3.05, 3.63) is 34.9 Å². The third kappa shape index (κ3) is 7.07. The summed E-state index contributed by atoms with van der Waals surface area (Å²) >= 11 is 0. The Morgan fingerprint density at radius 1 is 1.09 bits per heavy atom. The molecule has 10 heteroatoms. The van der Waals surface area contributed by atoms with Crippen molar-refractivity contribution in [2.45, 2.75) is 58.6 Å². The SMILES string of the molecule is CC(=O)N[C@@H]1CCN(Cc2cccc(CN3CCN(C(=O)OC(C)C(F)(F)F)CC3)c2C)C1. The average Bonchev–Trinajstić information content (AvgIpc) is 3.16. The number of carbonyl (C=O) groups is 2. The summed E-state index contributed by atoms with van der Waals surface area (Å²) in [6.07, 6.45) is -6.63. The van der Waals surface area contributed by atoms with Gasteiger partial charge in [0, 0.05) is 65.3 Å². The molecule has 7 nitrogen and oxygen atoms in total. The molecule has 0 bridgehead atoms. The highest BCUT2D eigenvalue weighted by molar-refractivity contribution is 5.73. The lowest BCUT2D eigenvalue weighted by Gasteiger charge is -2.35. The van der Waals surface area contributed by atoms with Crippen molar-refractivity contribution in [2.24, 2.45) is 0 Å². The summed E-state index contributed by atoms with van der Waals surface area (Å²) in [5.74, 6) is 0.00301. The standard InChI is InChI=1S/C23H33F3N4O3/c1-16-19(5-4-6-20(16)14-29-8-7-21(15-29)27-18(3)31)13-28-9-11-30(12-10-28)22(32)33-17(2)23(24,25)26/h4-6,17,21H,7-15H2,1-3H3,(H,27,31)/t17?,21-/m1/s1. The largest absolute Gasteiger partial charge is 0.437 e. The normalized spacial score (nSPS) is 21.2. The molecule has 0 radical (unpaired) electrons. The van der Waals surface area contributed by atoms with Crippen molar-refractivity contribution < 1.29 is 27.5 Å². The maximum Gasteiger partial charge on any atom is 0.425 e. The van der Waals surface area contributed by atoms with Crippen LogP contribution in [0.25, 0.3) is 0 Å². The summed E-state index contributed by atoms with van der Waals surface area (Å²) in [5.41, 5.74) is 3.67. The number of nitrogens with one attached hydrogen (secondary N) is 1. The second-order valence-corrected chi connectivity index (χ2v) is 8.95. The van der Waals surface area contributed by atoms with Gasteiger partial charge in [-0.25, -0.2) is 4.79 Å². The maximum absolute atomic E-state index is 12.6. The predicted molar refractivity (Wildman–Crippen MR) is 118 cm³/mol. The Morgan fingerprint density at radius 2 is 1.70 bits per heavy atom. The second kappa shape index (κ2) is 10.7. The molecule has 0 aliphatic carbocycles. The fourth-order valence-electron chi connectivity index (χ4n) is 4.32. The first kappa shape index (κ1) is 25.3. The minimum Gasteiger partial charge on any atom is -0.437 e. The van der Waals surface area contributed by atoms with Crippen LogP contribution < -0.4 is 5.32 Å². The van der Waals surface area contributed by atoms with Gasteiger partial charge >= 0.3 is 12.3 Å². The number of piperazine rings is 1. The molecule has 0 saturated carbocycles. The van der Waals surface area contributed by atoms with Crippen LogP contribution in [0, 0.1) is 6.92 Å². The van der Waals surface area contributed by atoms with Gasteiger partial charge in [-0.3, -0.25) is 14.6 Å². The van der Waals surface area contributed by atoms with Crippen LogP contribution in [0.15, 0.2) is 18.2 Å². The van der Waals surface area contributed by atoms with Gasteiger partial charge in [0.1, 0.15) is 0 Å². The topological polar surface area (TPSA) is 65.1 Å². The number of halogens is 3. The first-order chi connectivity index (χ1) is 15.5. The van der Waals surface area contributed by atoms with E-state index in [0.717, 1.165) is 39.5 Å². The Morgan fingerprint density at radius 3 is 2.27 bits per heavy atom. The molecule has 1 aromatic carbocycles. The average molecular weight is 471 g/mol. The first-order valence-electron chi connectivity index (χ1n) is 11.3. The molecule has 2 saturated heterocycles. The lowest BCUT2D eigenvalue weighted by molar-refractivity contribution is -0.200. The van der Waals surface area contributed by atoms with Gasteiger partial charge in [-0.15, -0.1) is 0 Å². The zero-order valence-corrected chi connectivity index (χ0v) is 19.5. The van der Waals surface area contributed by atoms with E-state index in [-0.39, 0.29) is 11.9 Å². The fraction of sp³-hybridized carbons (Fsp3) is 0.652. The Balaban J connectivity index is 1.50. The lowest BCUT2D eigenvalue weighted by atomic mass is 10.0. The highest BCUT2D eigenvalue weighted by Crippen LogP contribution is 2.24. The van der Waals surface area contributed by atoms with Crippen molar-refractivity contribution in [2.75, 3.05) is 39.3 Å². The van der Waals surface area contributed by atoms with E-state index in [0.29, 0.717) is 26.2 Å². The fourth-order valence-corrected chi connectivity index (χ4v) is 4.32. The summed E-state index contributed by atoms with van der Waals surface area (Å²) < 4.78 is 42.4. The highest BCUT2D eigenvalue weighted by Gasteiger charge is 2.40. The van der Waals surface area contributed by atoms with Crippen molar-refractivity contribution in [1.29, 1.82) is 0 Å². The Bertz CT molecular complexity index is 841. The van der Waals surface area contributed by atoms with E-state index in [1.165, 1.54) is 21.6 Å². The van der Waals surface area contributed by atoms with Crippen LogP contribution in [0.1, 0.15) is 37.0 Å². The van der Waals surface area contributed by atoms with E-state index in [1.807, 2.05) is 6.07 Å². The summed E-state index contributed by atoms with van der Waals surface area (Å²) in [7, 11) is 0. The Kier molecular flexibility index (Phi) is 8.23. The second-order valence-electron chi connectivity index (χ2n) is 8.95. The quantitative estimate of drug-likeness (QED) is 0.693. The predicted octanol–water partition coefficient (Wildman–Crippen LogP) is 2.91. The molecule has 2 heterocycles. The molecule has 33 heavy (non-hydrogen) atoms. The number of likely N-dealkylation sites (tertiary alicyclic amines) is 1. The van der Waals surface area contributed by atoms with Crippen LogP contribution in [-0.4, -0.2) is 84.3 Å². The van der Waals surface area contributed by atoms with E-state index in [4.69, 9.17) is 0 Å². The van der Waals surface area contributed by atoms with Gasteiger partial charge in [0.05, 0.1) is 0 Å². The maximum atomic E-state index is 12.6. The Hall–Kier alpha value is -2.33. The number of amides is 2. The number of benzene rings is 1. The van der Waals surface area contributed by atoms with Gasteiger partial charge in [0.15, 0.2) is 6.10 Å². The van der Waals surface area contributed by atoms with E-state index < -0.39 is 18.4 Å². The van der Waals surface area contributed by atoms with Crippen LogP contribution in [0.5, 0.6) is 0 Å². The van der Waals surface area contributed by atoms with Crippen molar-refractivity contribution in [3.63, 3.8) is 0 Å². The van der Waals surface area contributed by atoms with Crippen LogP contribution in [0.2, 0.25) is 0 Å². The van der Waals surface area contributed by atoms with Crippen LogP contribution in [0.3, 0.4) is 0 Å². The van der Waals surface area contributed by atoms with Crippen LogP contribution in [-0.2, 0) is 22.6 Å². The van der Waals surface area contributed by atoms with E-state index in [1.54, 1.807) is 6.92 Å². The van der Waals surface area contributed by atoms with E-state index >= 15 is 0 Å². The van der Waals surface area contributed by atoms with Gasteiger partial charge in [-0.1, -0.05) is 18.2 Å². The zero-order chi connectivity index (χ0) is 24.2. The molecule has 2 fully saturated rings. The number of nitrogens with zero attached hydrogens (tertiary/aromatic N) is 3. The minimum absolute atomic E-state index is 0.00301. The smallest absolute Gasteiger partial charge is 0.425 e. The van der Waals surface area contributed by atoms with Gasteiger partial charge in [-0.05, 0) is 37.0 Å². The van der Waals surface area contributed by atoms with Crippen LogP contribution in [0.4, 0.5) is 18.0 Å². The summed E-state index contributed by atoms with van der Waals surface area (Å²) in [4.78, 5) is 29.2. The molecule has 1 N–H and O–H groups in total. The minimum atomic E-state index is -4.56.